The van der Waals surface area contributed by atoms with Gasteiger partial charge < -0.3 is 15.1 Å². The molecular weight excluding hydrogens is 254 g/mol. The zero-order chi connectivity index (χ0) is 14.1. The van der Waals surface area contributed by atoms with Crippen molar-refractivity contribution in [2.45, 2.75) is 18.8 Å². The molecule has 0 bridgehead atoms. The summed E-state index contributed by atoms with van der Waals surface area (Å²) in [4.78, 5) is 14.2. The van der Waals surface area contributed by atoms with Crippen LogP contribution in [0, 0.1) is 11.8 Å². The van der Waals surface area contributed by atoms with Gasteiger partial charge in [0.1, 0.15) is 0 Å². The highest BCUT2D eigenvalue weighted by molar-refractivity contribution is 5.84. The van der Waals surface area contributed by atoms with Gasteiger partial charge in [-0.3, -0.25) is 4.79 Å². The molecular formula is C16H21NO3. The summed E-state index contributed by atoms with van der Waals surface area (Å²) in [6.07, 6.45) is 2.13. The Morgan fingerprint density at radius 2 is 1.90 bits per heavy atom. The van der Waals surface area contributed by atoms with E-state index in [0.29, 0.717) is 24.9 Å². The lowest BCUT2D eigenvalue weighted by Crippen LogP contribution is -2.37. The van der Waals surface area contributed by atoms with Crippen molar-refractivity contribution in [3.05, 3.63) is 35.4 Å². The van der Waals surface area contributed by atoms with Crippen LogP contribution in [0.2, 0.25) is 0 Å². The SMILES string of the molecule is O=C(C1C2CCc3ccccc3C21)N(CCO)CCO. The van der Waals surface area contributed by atoms with Gasteiger partial charge in [-0.25, -0.2) is 0 Å². The lowest BCUT2D eigenvalue weighted by atomic mass is 9.92. The molecule has 1 saturated carbocycles. The van der Waals surface area contributed by atoms with Gasteiger partial charge in [0.25, 0.3) is 0 Å². The number of aliphatic hydroxyl groups excluding tert-OH is 2. The normalized spacial score (nSPS) is 26.6. The highest BCUT2D eigenvalue weighted by Crippen LogP contribution is 2.60. The van der Waals surface area contributed by atoms with Crippen LogP contribution >= 0.6 is 0 Å². The fourth-order valence-corrected chi connectivity index (χ4v) is 3.69. The van der Waals surface area contributed by atoms with Crippen molar-refractivity contribution in [3.63, 3.8) is 0 Å². The van der Waals surface area contributed by atoms with E-state index in [4.69, 9.17) is 10.2 Å². The minimum Gasteiger partial charge on any atom is -0.395 e. The lowest BCUT2D eigenvalue weighted by molar-refractivity contribution is -0.134. The Kier molecular flexibility index (Phi) is 3.76. The summed E-state index contributed by atoms with van der Waals surface area (Å²) in [5.41, 5.74) is 2.70. The molecule has 3 rings (SSSR count). The van der Waals surface area contributed by atoms with Crippen LogP contribution in [-0.4, -0.2) is 47.3 Å². The van der Waals surface area contributed by atoms with Crippen LogP contribution in [-0.2, 0) is 11.2 Å². The van der Waals surface area contributed by atoms with Gasteiger partial charge in [0.05, 0.1) is 13.2 Å². The summed E-state index contributed by atoms with van der Waals surface area (Å²) in [5, 5.41) is 18.1. The van der Waals surface area contributed by atoms with Crippen molar-refractivity contribution in [3.8, 4) is 0 Å². The van der Waals surface area contributed by atoms with Crippen molar-refractivity contribution in [1.82, 2.24) is 4.90 Å². The number of hydrogen-bond acceptors (Lipinski definition) is 3. The molecule has 4 nitrogen and oxygen atoms in total. The van der Waals surface area contributed by atoms with Gasteiger partial charge in [-0.1, -0.05) is 24.3 Å². The summed E-state index contributed by atoms with van der Waals surface area (Å²) in [6, 6.07) is 8.40. The van der Waals surface area contributed by atoms with Crippen LogP contribution in [0.15, 0.2) is 24.3 Å². The second-order valence-electron chi connectivity index (χ2n) is 5.73. The zero-order valence-electron chi connectivity index (χ0n) is 11.5. The quantitative estimate of drug-likeness (QED) is 0.834. The number of rotatable bonds is 5. The van der Waals surface area contributed by atoms with Gasteiger partial charge in [0.2, 0.25) is 5.91 Å². The molecule has 20 heavy (non-hydrogen) atoms. The molecule has 0 aromatic heterocycles. The van der Waals surface area contributed by atoms with Crippen LogP contribution in [0.3, 0.4) is 0 Å². The van der Waals surface area contributed by atoms with E-state index in [1.54, 1.807) is 4.90 Å². The Labute approximate surface area is 119 Å². The molecule has 2 aliphatic rings. The number of fused-ring (bicyclic) bond motifs is 3. The lowest BCUT2D eigenvalue weighted by Gasteiger charge is -2.20. The molecule has 3 atom stereocenters. The monoisotopic (exact) mass is 275 g/mol. The van der Waals surface area contributed by atoms with Crippen LogP contribution in [0.1, 0.15) is 23.5 Å². The molecule has 2 N–H and O–H groups in total. The number of aryl methyl sites for hydroxylation is 1. The third kappa shape index (κ3) is 2.23. The molecule has 1 amide bonds. The first kappa shape index (κ1) is 13.6. The average Bonchev–Trinajstić information content (AvgIpc) is 3.21. The van der Waals surface area contributed by atoms with Crippen molar-refractivity contribution in [2.24, 2.45) is 11.8 Å². The maximum absolute atomic E-state index is 12.6. The summed E-state index contributed by atoms with van der Waals surface area (Å²) < 4.78 is 0. The number of carbonyl (C=O) groups is 1. The van der Waals surface area contributed by atoms with Gasteiger partial charge in [-0.2, -0.15) is 0 Å². The van der Waals surface area contributed by atoms with Crippen molar-refractivity contribution >= 4 is 5.91 Å². The molecule has 1 fully saturated rings. The van der Waals surface area contributed by atoms with Gasteiger partial charge in [-0.15, -0.1) is 0 Å². The first-order valence-corrected chi connectivity index (χ1v) is 7.36. The largest absolute Gasteiger partial charge is 0.395 e. The van der Waals surface area contributed by atoms with E-state index >= 15 is 0 Å². The van der Waals surface area contributed by atoms with Gasteiger partial charge >= 0.3 is 0 Å². The predicted octanol–water partition coefficient (Wildman–Crippen LogP) is 0.776. The van der Waals surface area contributed by atoms with Crippen molar-refractivity contribution < 1.29 is 15.0 Å². The number of aliphatic hydroxyl groups is 2. The third-order valence-electron chi connectivity index (χ3n) is 4.67. The Bertz CT molecular complexity index is 496. The summed E-state index contributed by atoms with van der Waals surface area (Å²) in [6.45, 7) is 0.530. The number of amides is 1. The van der Waals surface area contributed by atoms with E-state index < -0.39 is 0 Å². The van der Waals surface area contributed by atoms with Crippen LogP contribution in [0.4, 0.5) is 0 Å². The molecule has 0 radical (unpaired) electrons. The Morgan fingerprint density at radius 1 is 1.20 bits per heavy atom. The number of hydrogen-bond donors (Lipinski definition) is 2. The molecule has 3 unspecified atom stereocenters. The number of benzene rings is 1. The number of carbonyl (C=O) groups excluding carboxylic acids is 1. The fourth-order valence-electron chi connectivity index (χ4n) is 3.69. The minimum absolute atomic E-state index is 0.0512. The van der Waals surface area contributed by atoms with Crippen LogP contribution < -0.4 is 0 Å². The van der Waals surface area contributed by atoms with Crippen molar-refractivity contribution in [1.29, 1.82) is 0 Å². The molecule has 0 aliphatic heterocycles. The second-order valence-corrected chi connectivity index (χ2v) is 5.73. The highest BCUT2D eigenvalue weighted by Gasteiger charge is 2.57. The maximum atomic E-state index is 12.6. The van der Waals surface area contributed by atoms with Crippen LogP contribution in [0.25, 0.3) is 0 Å². The Morgan fingerprint density at radius 3 is 2.60 bits per heavy atom. The Balaban J connectivity index is 1.76. The van der Waals surface area contributed by atoms with Crippen molar-refractivity contribution in [2.75, 3.05) is 26.3 Å². The van der Waals surface area contributed by atoms with E-state index in [0.717, 1.165) is 12.8 Å². The summed E-state index contributed by atoms with van der Waals surface area (Å²) in [7, 11) is 0. The first-order chi connectivity index (χ1) is 9.77. The smallest absolute Gasteiger partial charge is 0.226 e. The zero-order valence-corrected chi connectivity index (χ0v) is 11.5. The summed E-state index contributed by atoms with van der Waals surface area (Å²) >= 11 is 0. The third-order valence-corrected chi connectivity index (χ3v) is 4.67. The maximum Gasteiger partial charge on any atom is 0.226 e. The standard InChI is InChI=1S/C16H21NO3/c18-9-7-17(8-10-19)16(20)15-13-6-5-11-3-1-2-4-12(11)14(13)15/h1-4,13-15,18-19H,5-10H2. The van der Waals surface area contributed by atoms with E-state index in [2.05, 4.69) is 18.2 Å². The highest BCUT2D eigenvalue weighted by atomic mass is 16.3. The molecule has 1 aromatic carbocycles. The first-order valence-electron chi connectivity index (χ1n) is 7.36. The molecule has 2 aliphatic carbocycles. The van der Waals surface area contributed by atoms with Crippen LogP contribution in [0.5, 0.6) is 0 Å². The number of nitrogens with zero attached hydrogens (tertiary/aromatic N) is 1. The van der Waals surface area contributed by atoms with Gasteiger partial charge in [-0.05, 0) is 35.8 Å². The topological polar surface area (TPSA) is 60.8 Å². The minimum atomic E-state index is -0.0512. The van der Waals surface area contributed by atoms with Gasteiger partial charge in [0.15, 0.2) is 0 Å². The van der Waals surface area contributed by atoms with E-state index in [1.165, 1.54) is 11.1 Å². The molecule has 4 heteroatoms. The van der Waals surface area contributed by atoms with Gasteiger partial charge in [0, 0.05) is 19.0 Å². The average molecular weight is 275 g/mol. The molecule has 0 spiro atoms. The fraction of sp³-hybridized carbons (Fsp3) is 0.562. The van der Waals surface area contributed by atoms with E-state index in [9.17, 15) is 4.79 Å². The Hall–Kier alpha value is -1.39. The van der Waals surface area contributed by atoms with E-state index in [1.807, 2.05) is 6.07 Å². The van der Waals surface area contributed by atoms with E-state index in [-0.39, 0.29) is 25.0 Å². The molecule has 108 valence electrons. The second kappa shape index (κ2) is 5.54. The molecule has 0 saturated heterocycles. The predicted molar refractivity (Wildman–Crippen MR) is 75.2 cm³/mol. The molecule has 0 heterocycles. The molecule has 1 aromatic rings. The summed E-state index contributed by atoms with van der Waals surface area (Å²) in [5.74, 6) is 0.959.